The number of aromatic nitrogens is 4. The number of rotatable bonds is 3. The minimum atomic E-state index is -0.620. The van der Waals surface area contributed by atoms with Crippen molar-refractivity contribution in [1.82, 2.24) is 30.4 Å². The Kier molecular flexibility index (Phi) is 4.46. The first kappa shape index (κ1) is 17.1. The highest BCUT2D eigenvalue weighted by molar-refractivity contribution is 5.73. The lowest BCUT2D eigenvalue weighted by Crippen LogP contribution is -2.60. The van der Waals surface area contributed by atoms with Crippen LogP contribution in [0.3, 0.4) is 0 Å². The molecule has 26 heavy (non-hydrogen) atoms. The second kappa shape index (κ2) is 6.77. The smallest absolute Gasteiger partial charge is 0.219 e. The standard InChI is InChI=1S/C18H24N6O2/c1-13(25)24-9-7-18(26)6-8-23(11-16(18)12-24)10-14-2-4-15(5-3-14)17-19-21-22-20-17/h2-5,16,26H,6-12H2,1H3,(H,19,20,21,22)/t16-,18-/m0/s1. The van der Waals surface area contributed by atoms with Crippen LogP contribution in [-0.2, 0) is 11.3 Å². The van der Waals surface area contributed by atoms with Crippen LogP contribution in [-0.4, -0.2) is 73.2 Å². The number of nitrogens with one attached hydrogen (secondary N) is 1. The van der Waals surface area contributed by atoms with Gasteiger partial charge in [0.15, 0.2) is 0 Å². The monoisotopic (exact) mass is 356 g/mol. The molecule has 0 saturated carbocycles. The Balaban J connectivity index is 1.41. The largest absolute Gasteiger partial charge is 0.389 e. The normalized spacial score (nSPS) is 26.5. The number of likely N-dealkylation sites (tertiary alicyclic amines) is 2. The molecule has 138 valence electrons. The molecule has 4 rings (SSSR count). The molecule has 0 radical (unpaired) electrons. The van der Waals surface area contributed by atoms with Crippen molar-refractivity contribution in [3.63, 3.8) is 0 Å². The highest BCUT2D eigenvalue weighted by atomic mass is 16.3. The molecule has 2 atom stereocenters. The maximum absolute atomic E-state index is 11.7. The predicted molar refractivity (Wildman–Crippen MR) is 94.8 cm³/mol. The predicted octanol–water partition coefficient (Wildman–Crippen LogP) is 0.672. The number of piperidine rings is 2. The SMILES string of the molecule is CC(=O)N1CC[C@@]2(O)CCN(Cc3ccc(-c4nn[nH]n4)cc3)C[C@H]2C1. The van der Waals surface area contributed by atoms with Crippen molar-refractivity contribution in [3.8, 4) is 11.4 Å². The Labute approximate surface area is 152 Å². The van der Waals surface area contributed by atoms with Gasteiger partial charge < -0.3 is 10.0 Å². The molecule has 2 aliphatic rings. The lowest BCUT2D eigenvalue weighted by Gasteiger charge is -2.50. The molecule has 3 heterocycles. The zero-order valence-corrected chi connectivity index (χ0v) is 14.9. The van der Waals surface area contributed by atoms with Crippen molar-refractivity contribution in [2.75, 3.05) is 26.2 Å². The molecule has 2 fully saturated rings. The van der Waals surface area contributed by atoms with Crippen molar-refractivity contribution in [2.45, 2.75) is 31.9 Å². The van der Waals surface area contributed by atoms with Crippen LogP contribution >= 0.6 is 0 Å². The Morgan fingerprint density at radius 2 is 2.04 bits per heavy atom. The molecule has 0 aliphatic carbocycles. The molecule has 0 bridgehead atoms. The second-order valence-electron chi connectivity index (χ2n) is 7.43. The van der Waals surface area contributed by atoms with Gasteiger partial charge in [0.1, 0.15) is 0 Å². The van der Waals surface area contributed by atoms with Gasteiger partial charge in [0.05, 0.1) is 5.60 Å². The third kappa shape index (κ3) is 3.34. The van der Waals surface area contributed by atoms with Gasteiger partial charge in [-0.3, -0.25) is 9.69 Å². The summed E-state index contributed by atoms with van der Waals surface area (Å²) in [6.45, 7) is 5.45. The zero-order chi connectivity index (χ0) is 18.1. The molecule has 2 saturated heterocycles. The van der Waals surface area contributed by atoms with E-state index in [-0.39, 0.29) is 11.8 Å². The molecular weight excluding hydrogens is 332 g/mol. The fourth-order valence-electron chi connectivity index (χ4n) is 4.10. The van der Waals surface area contributed by atoms with Gasteiger partial charge in [-0.2, -0.15) is 5.21 Å². The van der Waals surface area contributed by atoms with Gasteiger partial charge in [-0.05, 0) is 23.6 Å². The number of amides is 1. The summed E-state index contributed by atoms with van der Waals surface area (Å²) in [5.74, 6) is 0.805. The molecule has 2 aliphatic heterocycles. The van der Waals surface area contributed by atoms with Crippen LogP contribution in [0, 0.1) is 5.92 Å². The van der Waals surface area contributed by atoms with E-state index in [9.17, 15) is 9.90 Å². The highest BCUT2D eigenvalue weighted by Crippen LogP contribution is 2.36. The summed E-state index contributed by atoms with van der Waals surface area (Å²) in [4.78, 5) is 15.9. The number of H-pyrrole nitrogens is 1. The lowest BCUT2D eigenvalue weighted by molar-refractivity contribution is -0.145. The fraction of sp³-hybridized carbons (Fsp3) is 0.556. The number of carbonyl (C=O) groups excluding carboxylic acids is 1. The molecule has 0 unspecified atom stereocenters. The number of hydrogen-bond donors (Lipinski definition) is 2. The van der Waals surface area contributed by atoms with Gasteiger partial charge in [-0.25, -0.2) is 0 Å². The number of fused-ring (bicyclic) bond motifs is 1. The van der Waals surface area contributed by atoms with E-state index in [4.69, 9.17) is 0 Å². The average Bonchev–Trinajstić information content (AvgIpc) is 3.17. The van der Waals surface area contributed by atoms with Crippen LogP contribution in [0.1, 0.15) is 25.3 Å². The minimum Gasteiger partial charge on any atom is -0.389 e. The van der Waals surface area contributed by atoms with E-state index in [1.165, 1.54) is 5.56 Å². The van der Waals surface area contributed by atoms with Gasteiger partial charge >= 0.3 is 0 Å². The van der Waals surface area contributed by atoms with Crippen LogP contribution in [0.5, 0.6) is 0 Å². The third-order valence-electron chi connectivity index (χ3n) is 5.76. The molecule has 0 spiro atoms. The Hall–Kier alpha value is -2.32. The van der Waals surface area contributed by atoms with Crippen molar-refractivity contribution >= 4 is 5.91 Å². The molecular formula is C18H24N6O2. The zero-order valence-electron chi connectivity index (χ0n) is 14.9. The van der Waals surface area contributed by atoms with E-state index < -0.39 is 5.60 Å². The van der Waals surface area contributed by atoms with E-state index in [2.05, 4.69) is 37.7 Å². The van der Waals surface area contributed by atoms with Crippen molar-refractivity contribution in [2.24, 2.45) is 5.92 Å². The first-order chi connectivity index (χ1) is 12.5. The Morgan fingerprint density at radius 3 is 2.73 bits per heavy atom. The molecule has 2 aromatic rings. The Morgan fingerprint density at radius 1 is 1.27 bits per heavy atom. The summed E-state index contributed by atoms with van der Waals surface area (Å²) in [6.07, 6.45) is 1.45. The van der Waals surface area contributed by atoms with Gasteiger partial charge in [0.25, 0.3) is 0 Å². The number of aliphatic hydroxyl groups is 1. The number of nitrogens with zero attached hydrogens (tertiary/aromatic N) is 5. The van der Waals surface area contributed by atoms with Gasteiger partial charge in [-0.1, -0.05) is 24.3 Å². The number of carbonyl (C=O) groups is 1. The van der Waals surface area contributed by atoms with Crippen LogP contribution in [0.15, 0.2) is 24.3 Å². The molecule has 8 heteroatoms. The topological polar surface area (TPSA) is 98.2 Å². The summed E-state index contributed by atoms with van der Waals surface area (Å²) in [5.41, 5.74) is 1.52. The minimum absolute atomic E-state index is 0.0984. The maximum Gasteiger partial charge on any atom is 0.219 e. The second-order valence-corrected chi connectivity index (χ2v) is 7.43. The van der Waals surface area contributed by atoms with Crippen LogP contribution in [0.2, 0.25) is 0 Å². The molecule has 1 amide bonds. The summed E-state index contributed by atoms with van der Waals surface area (Å²) < 4.78 is 0. The molecule has 1 aromatic heterocycles. The third-order valence-corrected chi connectivity index (χ3v) is 5.76. The molecule has 8 nitrogen and oxygen atoms in total. The number of benzene rings is 1. The lowest BCUT2D eigenvalue weighted by atomic mass is 9.75. The summed E-state index contributed by atoms with van der Waals surface area (Å²) in [6, 6.07) is 8.15. The first-order valence-corrected chi connectivity index (χ1v) is 9.06. The van der Waals surface area contributed by atoms with Gasteiger partial charge in [0.2, 0.25) is 11.7 Å². The number of aromatic amines is 1. The van der Waals surface area contributed by atoms with Gasteiger partial charge in [-0.15, -0.1) is 10.2 Å². The number of tetrazole rings is 1. The van der Waals surface area contributed by atoms with E-state index in [0.29, 0.717) is 25.3 Å². The van der Waals surface area contributed by atoms with Gasteiger partial charge in [0, 0.05) is 51.1 Å². The Bertz CT molecular complexity index is 762. The van der Waals surface area contributed by atoms with Crippen molar-refractivity contribution in [1.29, 1.82) is 0 Å². The quantitative estimate of drug-likeness (QED) is 0.839. The maximum atomic E-state index is 11.7. The van der Waals surface area contributed by atoms with Crippen LogP contribution in [0.25, 0.3) is 11.4 Å². The van der Waals surface area contributed by atoms with Crippen molar-refractivity contribution < 1.29 is 9.90 Å². The van der Waals surface area contributed by atoms with E-state index >= 15 is 0 Å². The van der Waals surface area contributed by atoms with Crippen LogP contribution in [0.4, 0.5) is 0 Å². The summed E-state index contributed by atoms with van der Waals surface area (Å²) in [7, 11) is 0. The van der Waals surface area contributed by atoms with E-state index in [1.807, 2.05) is 17.0 Å². The molecule has 2 N–H and O–H groups in total. The number of hydrogen-bond acceptors (Lipinski definition) is 6. The first-order valence-electron chi connectivity index (χ1n) is 9.06. The van der Waals surface area contributed by atoms with E-state index in [0.717, 1.165) is 31.6 Å². The highest BCUT2D eigenvalue weighted by Gasteiger charge is 2.45. The van der Waals surface area contributed by atoms with Crippen LogP contribution < -0.4 is 0 Å². The van der Waals surface area contributed by atoms with Crippen molar-refractivity contribution in [3.05, 3.63) is 29.8 Å². The fourth-order valence-corrected chi connectivity index (χ4v) is 4.10. The summed E-state index contributed by atoms with van der Waals surface area (Å²) >= 11 is 0. The molecule has 1 aromatic carbocycles. The van der Waals surface area contributed by atoms with E-state index in [1.54, 1.807) is 6.92 Å². The average molecular weight is 356 g/mol. The summed E-state index contributed by atoms with van der Waals surface area (Å²) in [5, 5.41) is 24.9.